The zero-order valence-corrected chi connectivity index (χ0v) is 10.4. The van der Waals surface area contributed by atoms with Gasteiger partial charge in [0.25, 0.3) is 0 Å². The Kier molecular flexibility index (Phi) is 2.76. The van der Waals surface area contributed by atoms with Crippen molar-refractivity contribution in [1.82, 2.24) is 9.78 Å². The average Bonchev–Trinajstić information content (AvgIpc) is 2.82. The summed E-state index contributed by atoms with van der Waals surface area (Å²) >= 11 is 0. The number of para-hydroxylation sites is 1. The van der Waals surface area contributed by atoms with Crippen LogP contribution in [0.25, 0.3) is 16.6 Å². The second kappa shape index (κ2) is 4.57. The minimum atomic E-state index is -0.324. The van der Waals surface area contributed by atoms with Crippen LogP contribution >= 0.6 is 0 Å². The Labute approximate surface area is 110 Å². The fourth-order valence-corrected chi connectivity index (χ4v) is 1.95. The van der Waals surface area contributed by atoms with Crippen LogP contribution in [0.1, 0.15) is 6.92 Å². The Morgan fingerprint density at radius 3 is 2.68 bits per heavy atom. The Bertz CT molecular complexity index is 732. The summed E-state index contributed by atoms with van der Waals surface area (Å²) in [4.78, 5) is 10.9. The van der Waals surface area contributed by atoms with Gasteiger partial charge in [-0.15, -0.1) is 0 Å². The fraction of sp³-hybridized carbons (Fsp3) is 0.0667. The molecule has 0 N–H and O–H groups in total. The molecule has 0 unspecified atom stereocenters. The summed E-state index contributed by atoms with van der Waals surface area (Å²) in [5.41, 5.74) is 1.85. The van der Waals surface area contributed by atoms with Crippen LogP contribution in [0, 0.1) is 0 Å². The van der Waals surface area contributed by atoms with Crippen LogP contribution in [-0.2, 0) is 4.79 Å². The molecule has 0 bridgehead atoms. The number of carbonyl (C=O) groups is 1. The van der Waals surface area contributed by atoms with Crippen LogP contribution in [0.15, 0.2) is 54.7 Å². The molecule has 1 heterocycles. The normalized spacial score (nSPS) is 10.6. The molecular formula is C15H12N2O2. The maximum absolute atomic E-state index is 10.9. The van der Waals surface area contributed by atoms with E-state index in [4.69, 9.17) is 4.74 Å². The second-order valence-electron chi connectivity index (χ2n) is 4.22. The number of ether oxygens (including phenoxy) is 1. The van der Waals surface area contributed by atoms with Gasteiger partial charge in [-0.3, -0.25) is 4.79 Å². The van der Waals surface area contributed by atoms with Crippen LogP contribution in [0.5, 0.6) is 5.75 Å². The third kappa shape index (κ3) is 2.33. The third-order valence-corrected chi connectivity index (χ3v) is 2.76. The quantitative estimate of drug-likeness (QED) is 0.520. The van der Waals surface area contributed by atoms with Gasteiger partial charge in [-0.25, -0.2) is 4.68 Å². The number of nitrogens with zero attached hydrogens (tertiary/aromatic N) is 2. The van der Waals surface area contributed by atoms with Gasteiger partial charge in [0.05, 0.1) is 11.2 Å². The molecule has 94 valence electrons. The van der Waals surface area contributed by atoms with E-state index >= 15 is 0 Å². The first-order valence-electron chi connectivity index (χ1n) is 5.96. The first-order valence-corrected chi connectivity index (χ1v) is 5.96. The zero-order chi connectivity index (χ0) is 13.2. The summed E-state index contributed by atoms with van der Waals surface area (Å²) in [5.74, 6) is 0.211. The van der Waals surface area contributed by atoms with Crippen molar-refractivity contribution in [3.05, 3.63) is 54.7 Å². The lowest BCUT2D eigenvalue weighted by molar-refractivity contribution is -0.131. The SMILES string of the molecule is CC(=O)Oc1ccc2nn(-c3ccccc3)cc2c1. The van der Waals surface area contributed by atoms with Gasteiger partial charge < -0.3 is 4.74 Å². The van der Waals surface area contributed by atoms with Gasteiger partial charge in [0.15, 0.2) is 0 Å². The molecule has 0 radical (unpaired) electrons. The highest BCUT2D eigenvalue weighted by atomic mass is 16.5. The van der Waals surface area contributed by atoms with E-state index in [0.717, 1.165) is 16.6 Å². The standard InChI is InChI=1S/C15H12N2O2/c1-11(18)19-14-7-8-15-12(9-14)10-17(16-15)13-5-3-2-4-6-13/h2-10H,1H3. The highest BCUT2D eigenvalue weighted by Gasteiger charge is 2.05. The van der Waals surface area contributed by atoms with Crippen molar-refractivity contribution in [2.75, 3.05) is 0 Å². The number of benzene rings is 2. The Balaban J connectivity index is 2.04. The van der Waals surface area contributed by atoms with Crippen molar-refractivity contribution in [1.29, 1.82) is 0 Å². The predicted molar refractivity (Wildman–Crippen MR) is 72.4 cm³/mol. The molecule has 3 rings (SSSR count). The summed E-state index contributed by atoms with van der Waals surface area (Å²) in [5, 5.41) is 5.41. The van der Waals surface area contributed by atoms with Crippen molar-refractivity contribution in [3.8, 4) is 11.4 Å². The molecule has 2 aromatic carbocycles. The van der Waals surface area contributed by atoms with E-state index in [2.05, 4.69) is 5.10 Å². The van der Waals surface area contributed by atoms with Gasteiger partial charge >= 0.3 is 5.97 Å². The topological polar surface area (TPSA) is 44.1 Å². The molecular weight excluding hydrogens is 240 g/mol. The Hall–Kier alpha value is -2.62. The molecule has 0 aliphatic carbocycles. The maximum Gasteiger partial charge on any atom is 0.308 e. The van der Waals surface area contributed by atoms with Crippen molar-refractivity contribution in [2.45, 2.75) is 6.92 Å². The smallest absolute Gasteiger partial charge is 0.308 e. The molecule has 4 heteroatoms. The minimum absolute atomic E-state index is 0.324. The molecule has 0 saturated heterocycles. The van der Waals surface area contributed by atoms with Crippen molar-refractivity contribution >= 4 is 16.9 Å². The van der Waals surface area contributed by atoms with E-state index in [-0.39, 0.29) is 5.97 Å². The predicted octanol–water partition coefficient (Wildman–Crippen LogP) is 2.95. The molecule has 3 aromatic rings. The summed E-state index contributed by atoms with van der Waals surface area (Å²) in [6, 6.07) is 15.3. The van der Waals surface area contributed by atoms with Crippen LogP contribution < -0.4 is 4.74 Å². The van der Waals surface area contributed by atoms with E-state index in [1.165, 1.54) is 6.92 Å². The van der Waals surface area contributed by atoms with E-state index in [1.807, 2.05) is 53.3 Å². The molecule has 0 saturated carbocycles. The van der Waals surface area contributed by atoms with Gasteiger partial charge in [0.2, 0.25) is 0 Å². The highest BCUT2D eigenvalue weighted by molar-refractivity contribution is 5.81. The first-order chi connectivity index (χ1) is 9.22. The van der Waals surface area contributed by atoms with Gasteiger partial charge in [-0.1, -0.05) is 18.2 Å². The number of aromatic nitrogens is 2. The first kappa shape index (κ1) is 11.5. The Morgan fingerprint density at radius 1 is 1.16 bits per heavy atom. The molecule has 0 fully saturated rings. The van der Waals surface area contributed by atoms with Crippen LogP contribution in [0.2, 0.25) is 0 Å². The lowest BCUT2D eigenvalue weighted by Crippen LogP contribution is -2.00. The molecule has 1 aromatic heterocycles. The molecule has 19 heavy (non-hydrogen) atoms. The fourth-order valence-electron chi connectivity index (χ4n) is 1.95. The largest absolute Gasteiger partial charge is 0.427 e. The number of hydrogen-bond acceptors (Lipinski definition) is 3. The molecule has 0 atom stereocenters. The van der Waals surface area contributed by atoms with Gasteiger partial charge in [0, 0.05) is 18.5 Å². The summed E-state index contributed by atoms with van der Waals surface area (Å²) in [6.07, 6.45) is 1.91. The summed E-state index contributed by atoms with van der Waals surface area (Å²) < 4.78 is 6.87. The molecule has 0 amide bonds. The molecule has 0 aliphatic rings. The van der Waals surface area contributed by atoms with E-state index < -0.39 is 0 Å². The van der Waals surface area contributed by atoms with E-state index in [1.54, 1.807) is 6.07 Å². The molecule has 4 nitrogen and oxygen atoms in total. The number of carbonyl (C=O) groups excluding carboxylic acids is 1. The van der Waals surface area contributed by atoms with Gasteiger partial charge in [-0.05, 0) is 30.3 Å². The van der Waals surface area contributed by atoms with E-state index in [9.17, 15) is 4.79 Å². The average molecular weight is 252 g/mol. The third-order valence-electron chi connectivity index (χ3n) is 2.76. The van der Waals surface area contributed by atoms with Crippen molar-refractivity contribution in [2.24, 2.45) is 0 Å². The number of hydrogen-bond donors (Lipinski definition) is 0. The number of rotatable bonds is 2. The second-order valence-corrected chi connectivity index (χ2v) is 4.22. The van der Waals surface area contributed by atoms with Crippen LogP contribution in [0.4, 0.5) is 0 Å². The minimum Gasteiger partial charge on any atom is -0.427 e. The van der Waals surface area contributed by atoms with E-state index in [0.29, 0.717) is 5.75 Å². The van der Waals surface area contributed by atoms with Crippen LogP contribution in [-0.4, -0.2) is 15.7 Å². The number of esters is 1. The zero-order valence-electron chi connectivity index (χ0n) is 10.4. The van der Waals surface area contributed by atoms with Crippen LogP contribution in [0.3, 0.4) is 0 Å². The summed E-state index contributed by atoms with van der Waals surface area (Å²) in [7, 11) is 0. The Morgan fingerprint density at radius 2 is 1.95 bits per heavy atom. The lowest BCUT2D eigenvalue weighted by Gasteiger charge is -1.99. The van der Waals surface area contributed by atoms with Gasteiger partial charge in [0.1, 0.15) is 5.75 Å². The van der Waals surface area contributed by atoms with Crippen molar-refractivity contribution < 1.29 is 9.53 Å². The molecule has 0 aliphatic heterocycles. The monoisotopic (exact) mass is 252 g/mol. The highest BCUT2D eigenvalue weighted by Crippen LogP contribution is 2.21. The van der Waals surface area contributed by atoms with Crippen molar-refractivity contribution in [3.63, 3.8) is 0 Å². The molecule has 0 spiro atoms. The van der Waals surface area contributed by atoms with Gasteiger partial charge in [-0.2, -0.15) is 5.10 Å². The summed E-state index contributed by atoms with van der Waals surface area (Å²) in [6.45, 7) is 1.39. The maximum atomic E-state index is 10.9. The number of fused-ring (bicyclic) bond motifs is 1. The lowest BCUT2D eigenvalue weighted by atomic mass is 10.2.